The summed E-state index contributed by atoms with van der Waals surface area (Å²) in [5.74, 6) is -0.172. The van der Waals surface area contributed by atoms with E-state index in [1.54, 1.807) is 42.5 Å². The van der Waals surface area contributed by atoms with E-state index in [0.29, 0.717) is 5.56 Å². The summed E-state index contributed by atoms with van der Waals surface area (Å²) in [5, 5.41) is 0. The van der Waals surface area contributed by atoms with E-state index in [2.05, 4.69) is 9.39 Å². The molecule has 0 radical (unpaired) electrons. The predicted molar refractivity (Wildman–Crippen MR) is 128 cm³/mol. The molecule has 7 heteroatoms. The second-order valence-electron chi connectivity index (χ2n) is 7.09. The molecule has 0 saturated heterocycles. The van der Waals surface area contributed by atoms with Crippen LogP contribution in [0.15, 0.2) is 129 Å². The highest BCUT2D eigenvalue weighted by molar-refractivity contribution is 7.90. The number of rotatable bonds is 6. The molecule has 1 aliphatic carbocycles. The minimum absolute atomic E-state index is 0.0878. The lowest BCUT2D eigenvalue weighted by molar-refractivity contribution is 0.100. The van der Waals surface area contributed by atoms with Gasteiger partial charge in [0.2, 0.25) is 0 Å². The van der Waals surface area contributed by atoms with E-state index in [1.165, 1.54) is 30.4 Å². The summed E-state index contributed by atoms with van der Waals surface area (Å²) in [7, 11) is -3.90. The Balaban J connectivity index is 1.66. The number of nitrogens with zero attached hydrogens (tertiary/aromatic N) is 2. The zero-order chi connectivity index (χ0) is 23.1. The number of aliphatic imine (C=N–C) groups is 1. The lowest BCUT2D eigenvalue weighted by Crippen LogP contribution is -2.14. The van der Waals surface area contributed by atoms with E-state index < -0.39 is 15.9 Å². The summed E-state index contributed by atoms with van der Waals surface area (Å²) < 4.78 is 35.2. The second kappa shape index (κ2) is 10.0. The molecule has 0 aromatic heterocycles. The molecule has 164 valence electrons. The summed E-state index contributed by atoms with van der Waals surface area (Å²) in [6, 6.07) is 26.1. The van der Waals surface area contributed by atoms with Crippen LogP contribution in [0.4, 0.5) is 0 Å². The third-order valence-electron chi connectivity index (χ3n) is 4.69. The average molecular weight is 457 g/mol. The van der Waals surface area contributed by atoms with E-state index >= 15 is 0 Å². The van der Waals surface area contributed by atoms with Gasteiger partial charge in [-0.3, -0.25) is 4.79 Å². The molecule has 0 fully saturated rings. The number of sulfonamides is 1. The first-order valence-corrected chi connectivity index (χ1v) is 11.6. The van der Waals surface area contributed by atoms with Crippen LogP contribution >= 0.6 is 0 Å². The number of allylic oxidation sites excluding steroid dienone is 3. The average Bonchev–Trinajstić information content (AvgIpc) is 2.85. The van der Waals surface area contributed by atoms with Crippen molar-refractivity contribution in [3.05, 3.63) is 126 Å². The Morgan fingerprint density at radius 2 is 1.39 bits per heavy atom. The third-order valence-corrected chi connectivity index (χ3v) is 6.01. The summed E-state index contributed by atoms with van der Waals surface area (Å²) in [6.07, 6.45) is 4.49. The summed E-state index contributed by atoms with van der Waals surface area (Å²) in [5.41, 5.74) is 1.81. The van der Waals surface area contributed by atoms with Crippen molar-refractivity contribution in [3.63, 3.8) is 0 Å². The molecule has 0 unspecified atom stereocenters. The van der Waals surface area contributed by atoms with Gasteiger partial charge in [-0.25, -0.2) is 4.99 Å². The largest absolute Gasteiger partial charge is 0.487 e. The monoisotopic (exact) mass is 456 g/mol. The Bertz CT molecular complexity index is 1360. The van der Waals surface area contributed by atoms with Gasteiger partial charge in [0.05, 0.1) is 10.6 Å². The fourth-order valence-corrected chi connectivity index (χ4v) is 4.04. The van der Waals surface area contributed by atoms with E-state index in [0.717, 1.165) is 5.56 Å². The lowest BCUT2D eigenvalue weighted by Gasteiger charge is -2.14. The van der Waals surface area contributed by atoms with Crippen LogP contribution in [0, 0.1) is 0 Å². The van der Waals surface area contributed by atoms with Gasteiger partial charge in [0.15, 0.2) is 0 Å². The highest BCUT2D eigenvalue weighted by Crippen LogP contribution is 2.17. The molecule has 3 aromatic rings. The molecule has 0 bridgehead atoms. The van der Waals surface area contributed by atoms with Crippen molar-refractivity contribution in [3.8, 4) is 0 Å². The first kappa shape index (κ1) is 22.1. The second-order valence-corrected chi connectivity index (χ2v) is 8.69. The van der Waals surface area contributed by atoms with Gasteiger partial charge in [0.25, 0.3) is 15.9 Å². The van der Waals surface area contributed by atoms with Gasteiger partial charge >= 0.3 is 0 Å². The molecule has 0 aliphatic heterocycles. The molecule has 3 aromatic carbocycles. The standard InChI is InChI=1S/C26H20N2O4S/c29-26(21-12-6-2-7-13-21)27-24-17-16-22(28-33(30,31)23-14-8-3-9-15-23)18-25(24)32-19-20-10-4-1-5-11-20/h1-18H,19H2. The highest BCUT2D eigenvalue weighted by Gasteiger charge is 2.18. The zero-order valence-corrected chi connectivity index (χ0v) is 18.4. The van der Waals surface area contributed by atoms with Gasteiger partial charge in [-0.05, 0) is 42.0 Å². The van der Waals surface area contributed by atoms with Crippen molar-refractivity contribution >= 4 is 27.4 Å². The van der Waals surface area contributed by atoms with Crippen molar-refractivity contribution in [1.29, 1.82) is 0 Å². The fraction of sp³-hybridized carbons (Fsp3) is 0.0385. The molecule has 4 rings (SSSR count). The van der Waals surface area contributed by atoms with Crippen LogP contribution in [-0.2, 0) is 21.4 Å². The number of carbonyl (C=O) groups excluding carboxylic acids is 1. The van der Waals surface area contributed by atoms with Crippen molar-refractivity contribution in [2.24, 2.45) is 9.39 Å². The normalized spacial score (nSPS) is 15.9. The van der Waals surface area contributed by atoms with Gasteiger partial charge in [0.1, 0.15) is 18.1 Å². The van der Waals surface area contributed by atoms with Gasteiger partial charge < -0.3 is 4.74 Å². The molecule has 0 heterocycles. The molecular weight excluding hydrogens is 436 g/mol. The summed E-state index contributed by atoms with van der Waals surface area (Å²) in [4.78, 5) is 16.9. The van der Waals surface area contributed by atoms with Gasteiger partial charge in [-0.15, -0.1) is 0 Å². The molecule has 1 aliphatic rings. The maximum absolute atomic E-state index is 12.7. The van der Waals surface area contributed by atoms with Crippen LogP contribution in [0.5, 0.6) is 0 Å². The van der Waals surface area contributed by atoms with Crippen molar-refractivity contribution < 1.29 is 17.9 Å². The number of hydrogen-bond acceptors (Lipinski definition) is 4. The summed E-state index contributed by atoms with van der Waals surface area (Å²) in [6.45, 7) is 0.220. The maximum Gasteiger partial charge on any atom is 0.282 e. The van der Waals surface area contributed by atoms with Gasteiger partial charge in [-0.1, -0.05) is 66.7 Å². The Morgan fingerprint density at radius 3 is 2.06 bits per heavy atom. The molecule has 33 heavy (non-hydrogen) atoms. The lowest BCUT2D eigenvalue weighted by atomic mass is 10.1. The fourth-order valence-electron chi connectivity index (χ4n) is 3.04. The number of ether oxygens (including phenoxy) is 1. The summed E-state index contributed by atoms with van der Waals surface area (Å²) >= 11 is 0. The van der Waals surface area contributed by atoms with Crippen molar-refractivity contribution in [2.45, 2.75) is 11.5 Å². The molecule has 6 nitrogen and oxygen atoms in total. The van der Waals surface area contributed by atoms with Crippen LogP contribution < -0.4 is 0 Å². The maximum atomic E-state index is 12.7. The minimum atomic E-state index is -3.90. The smallest absolute Gasteiger partial charge is 0.282 e. The van der Waals surface area contributed by atoms with E-state index in [4.69, 9.17) is 4.74 Å². The molecule has 0 saturated carbocycles. The molecule has 0 N–H and O–H groups in total. The number of benzene rings is 3. The van der Waals surface area contributed by atoms with Gasteiger partial charge in [-0.2, -0.15) is 12.8 Å². The molecule has 0 spiro atoms. The number of carbonyl (C=O) groups is 1. The quantitative estimate of drug-likeness (QED) is 0.500. The van der Waals surface area contributed by atoms with E-state index in [-0.39, 0.29) is 28.7 Å². The van der Waals surface area contributed by atoms with Crippen LogP contribution in [0.1, 0.15) is 15.9 Å². The van der Waals surface area contributed by atoms with Crippen molar-refractivity contribution in [2.75, 3.05) is 0 Å². The van der Waals surface area contributed by atoms with Crippen LogP contribution in [-0.4, -0.2) is 25.7 Å². The van der Waals surface area contributed by atoms with Crippen LogP contribution in [0.2, 0.25) is 0 Å². The van der Waals surface area contributed by atoms with E-state index in [9.17, 15) is 13.2 Å². The van der Waals surface area contributed by atoms with Crippen LogP contribution in [0.25, 0.3) is 0 Å². The third kappa shape index (κ3) is 5.78. The SMILES string of the molecule is O=C(N=C1C=CC(=NS(=O)(=O)c2ccccc2)C=C1OCc1ccccc1)c1ccccc1. The predicted octanol–water partition coefficient (Wildman–Crippen LogP) is 4.77. The number of hydrogen-bond donors (Lipinski definition) is 0. The highest BCUT2D eigenvalue weighted by atomic mass is 32.2. The zero-order valence-electron chi connectivity index (χ0n) is 17.5. The Hall–Kier alpha value is -4.10. The van der Waals surface area contributed by atoms with E-state index in [1.807, 2.05) is 36.4 Å². The number of amides is 1. The van der Waals surface area contributed by atoms with Crippen LogP contribution in [0.3, 0.4) is 0 Å². The molecule has 1 amide bonds. The molecule has 0 atom stereocenters. The topological polar surface area (TPSA) is 85.2 Å². The van der Waals surface area contributed by atoms with Crippen molar-refractivity contribution in [1.82, 2.24) is 0 Å². The minimum Gasteiger partial charge on any atom is -0.487 e. The Labute approximate surface area is 192 Å². The molecular formula is C26H20N2O4S. The first-order valence-electron chi connectivity index (χ1n) is 10.2. The Kier molecular flexibility index (Phi) is 6.71. The van der Waals surface area contributed by atoms with Gasteiger partial charge in [0, 0.05) is 11.6 Å². The Morgan fingerprint density at radius 1 is 0.788 bits per heavy atom. The first-order chi connectivity index (χ1) is 16.0.